The van der Waals surface area contributed by atoms with Crippen LogP contribution in [0.3, 0.4) is 0 Å². The molecular weight excluding hydrogens is 250 g/mol. The zero-order valence-electron chi connectivity index (χ0n) is 13.0. The minimum atomic E-state index is 0.194. The van der Waals surface area contributed by atoms with Crippen molar-refractivity contribution in [3.8, 4) is 0 Å². The summed E-state index contributed by atoms with van der Waals surface area (Å²) in [5.74, 6) is 0. The van der Waals surface area contributed by atoms with Gasteiger partial charge in [0, 0.05) is 50.5 Å². The first kappa shape index (κ1) is 14.8. The average molecular weight is 281 g/mol. The van der Waals surface area contributed by atoms with Crippen LogP contribution in [-0.4, -0.2) is 66.8 Å². The van der Waals surface area contributed by atoms with E-state index in [1.807, 2.05) is 0 Å². The van der Waals surface area contributed by atoms with E-state index < -0.39 is 0 Å². The minimum Gasteiger partial charge on any atom is -0.381 e. The molecule has 3 fully saturated rings. The van der Waals surface area contributed by atoms with Crippen LogP contribution in [-0.2, 0) is 4.74 Å². The third-order valence-electron chi connectivity index (χ3n) is 5.82. The predicted molar refractivity (Wildman–Crippen MR) is 81.8 cm³/mol. The molecule has 0 radical (unpaired) electrons. The van der Waals surface area contributed by atoms with E-state index >= 15 is 0 Å². The maximum Gasteiger partial charge on any atom is 0.0484 e. The number of piperidine rings is 1. The second-order valence-corrected chi connectivity index (χ2v) is 7.04. The van der Waals surface area contributed by atoms with Crippen LogP contribution < -0.4 is 5.73 Å². The molecule has 0 bridgehead atoms. The zero-order valence-corrected chi connectivity index (χ0v) is 13.0. The maximum atomic E-state index is 6.26. The number of rotatable bonds is 2. The van der Waals surface area contributed by atoms with Gasteiger partial charge in [-0.1, -0.05) is 6.42 Å². The van der Waals surface area contributed by atoms with Gasteiger partial charge in [-0.3, -0.25) is 9.80 Å². The number of fused-ring (bicyclic) bond motifs is 1. The first-order valence-corrected chi connectivity index (χ1v) is 8.54. The number of ether oxygens (including phenoxy) is 1. The van der Waals surface area contributed by atoms with E-state index in [2.05, 4.69) is 16.7 Å². The maximum absolute atomic E-state index is 6.26. The fourth-order valence-electron chi connectivity index (χ4n) is 4.61. The van der Waals surface area contributed by atoms with Crippen molar-refractivity contribution in [3.05, 3.63) is 0 Å². The van der Waals surface area contributed by atoms with Crippen LogP contribution in [0.15, 0.2) is 0 Å². The van der Waals surface area contributed by atoms with E-state index in [0.717, 1.165) is 38.6 Å². The Morgan fingerprint density at radius 2 is 2.05 bits per heavy atom. The van der Waals surface area contributed by atoms with Gasteiger partial charge in [0.1, 0.15) is 0 Å². The average Bonchev–Trinajstić information content (AvgIpc) is 2.73. The number of hydrogen-bond acceptors (Lipinski definition) is 4. The Morgan fingerprint density at radius 1 is 1.15 bits per heavy atom. The summed E-state index contributed by atoms with van der Waals surface area (Å²) in [5, 5.41) is 0. The van der Waals surface area contributed by atoms with Crippen molar-refractivity contribution in [1.29, 1.82) is 0 Å². The van der Waals surface area contributed by atoms with Crippen molar-refractivity contribution in [1.82, 2.24) is 9.80 Å². The monoisotopic (exact) mass is 281 g/mol. The number of piperazine rings is 1. The molecule has 3 heterocycles. The molecule has 0 aromatic heterocycles. The molecule has 3 saturated heterocycles. The first-order chi connectivity index (χ1) is 9.75. The van der Waals surface area contributed by atoms with E-state index in [1.54, 1.807) is 0 Å². The van der Waals surface area contributed by atoms with Crippen LogP contribution in [0.4, 0.5) is 0 Å². The third-order valence-corrected chi connectivity index (χ3v) is 5.82. The Morgan fingerprint density at radius 3 is 2.90 bits per heavy atom. The van der Waals surface area contributed by atoms with Crippen molar-refractivity contribution < 1.29 is 4.74 Å². The Kier molecular flexibility index (Phi) is 4.65. The summed E-state index contributed by atoms with van der Waals surface area (Å²) >= 11 is 0. The minimum absolute atomic E-state index is 0.194. The summed E-state index contributed by atoms with van der Waals surface area (Å²) in [6, 6.07) is 1.40. The second-order valence-electron chi connectivity index (χ2n) is 7.04. The number of nitrogens with two attached hydrogens (primary N) is 1. The highest BCUT2D eigenvalue weighted by Crippen LogP contribution is 2.34. The lowest BCUT2D eigenvalue weighted by Gasteiger charge is -2.54. The van der Waals surface area contributed by atoms with Gasteiger partial charge in [-0.15, -0.1) is 0 Å². The van der Waals surface area contributed by atoms with Gasteiger partial charge in [0.15, 0.2) is 0 Å². The van der Waals surface area contributed by atoms with Crippen LogP contribution in [0.25, 0.3) is 0 Å². The summed E-state index contributed by atoms with van der Waals surface area (Å²) in [6.07, 6.45) is 7.65. The fourth-order valence-corrected chi connectivity index (χ4v) is 4.61. The molecule has 0 aliphatic carbocycles. The summed E-state index contributed by atoms with van der Waals surface area (Å²) < 4.78 is 5.69. The van der Waals surface area contributed by atoms with E-state index in [4.69, 9.17) is 10.5 Å². The fraction of sp³-hybridized carbons (Fsp3) is 1.00. The normalized spacial score (nSPS) is 41.1. The van der Waals surface area contributed by atoms with E-state index in [1.165, 1.54) is 45.3 Å². The lowest BCUT2D eigenvalue weighted by molar-refractivity contribution is -0.0520. The molecule has 2 N–H and O–H groups in total. The SMILES string of the molecule is CC1CN2CCCCC2CN1C1(CN)CCCOCC1. The molecule has 3 atom stereocenters. The number of nitrogens with zero attached hydrogens (tertiary/aromatic N) is 2. The molecule has 4 nitrogen and oxygen atoms in total. The van der Waals surface area contributed by atoms with Gasteiger partial charge in [-0.2, -0.15) is 0 Å². The van der Waals surface area contributed by atoms with Gasteiger partial charge < -0.3 is 10.5 Å². The van der Waals surface area contributed by atoms with Gasteiger partial charge in [-0.25, -0.2) is 0 Å². The van der Waals surface area contributed by atoms with Crippen molar-refractivity contribution in [2.45, 2.75) is 63.1 Å². The molecule has 4 heteroatoms. The first-order valence-electron chi connectivity index (χ1n) is 8.54. The van der Waals surface area contributed by atoms with Crippen LogP contribution in [0.5, 0.6) is 0 Å². The highest BCUT2D eigenvalue weighted by atomic mass is 16.5. The number of hydrogen-bond donors (Lipinski definition) is 1. The molecule has 3 unspecified atom stereocenters. The lowest BCUT2D eigenvalue weighted by Crippen LogP contribution is -2.67. The Balaban J connectivity index is 1.76. The molecule has 0 spiro atoms. The zero-order chi connectivity index (χ0) is 14.0. The Labute approximate surface area is 123 Å². The highest BCUT2D eigenvalue weighted by molar-refractivity contribution is 5.00. The van der Waals surface area contributed by atoms with E-state index in [0.29, 0.717) is 6.04 Å². The Hall–Kier alpha value is -0.160. The second kappa shape index (κ2) is 6.30. The summed E-state index contributed by atoms with van der Waals surface area (Å²) in [4.78, 5) is 5.48. The van der Waals surface area contributed by atoms with Crippen LogP contribution >= 0.6 is 0 Å². The van der Waals surface area contributed by atoms with Crippen molar-refractivity contribution in [2.24, 2.45) is 5.73 Å². The molecular formula is C16H31N3O. The van der Waals surface area contributed by atoms with Gasteiger partial charge >= 0.3 is 0 Å². The molecule has 3 aliphatic rings. The van der Waals surface area contributed by atoms with Crippen LogP contribution in [0, 0.1) is 0 Å². The van der Waals surface area contributed by atoms with Crippen LogP contribution in [0.1, 0.15) is 45.4 Å². The molecule has 116 valence electrons. The topological polar surface area (TPSA) is 41.7 Å². The smallest absolute Gasteiger partial charge is 0.0484 e. The molecule has 3 aliphatic heterocycles. The molecule has 0 aromatic rings. The van der Waals surface area contributed by atoms with Gasteiger partial charge in [0.25, 0.3) is 0 Å². The predicted octanol–water partition coefficient (Wildman–Crippen LogP) is 1.44. The Bertz CT molecular complexity index is 315. The van der Waals surface area contributed by atoms with Crippen molar-refractivity contribution >= 4 is 0 Å². The quantitative estimate of drug-likeness (QED) is 0.832. The van der Waals surface area contributed by atoms with Crippen molar-refractivity contribution in [3.63, 3.8) is 0 Å². The van der Waals surface area contributed by atoms with Crippen molar-refractivity contribution in [2.75, 3.05) is 39.4 Å². The summed E-state index contributed by atoms with van der Waals surface area (Å²) in [6.45, 7) is 8.74. The van der Waals surface area contributed by atoms with Gasteiger partial charge in [0.05, 0.1) is 0 Å². The largest absolute Gasteiger partial charge is 0.381 e. The lowest BCUT2D eigenvalue weighted by atomic mass is 9.84. The third kappa shape index (κ3) is 2.76. The van der Waals surface area contributed by atoms with Gasteiger partial charge in [-0.05, 0) is 45.6 Å². The molecule has 0 amide bonds. The summed E-state index contributed by atoms with van der Waals surface area (Å²) in [7, 11) is 0. The van der Waals surface area contributed by atoms with Crippen LogP contribution in [0.2, 0.25) is 0 Å². The molecule has 3 rings (SSSR count). The standard InChI is InChI=1S/C16H31N3O/c1-14-11-18-8-3-2-5-15(18)12-19(14)16(13-17)6-4-9-20-10-7-16/h14-15H,2-13,17H2,1H3. The van der Waals surface area contributed by atoms with Gasteiger partial charge in [0.2, 0.25) is 0 Å². The highest BCUT2D eigenvalue weighted by Gasteiger charge is 2.43. The molecule has 20 heavy (non-hydrogen) atoms. The van der Waals surface area contributed by atoms with E-state index in [9.17, 15) is 0 Å². The van der Waals surface area contributed by atoms with E-state index in [-0.39, 0.29) is 5.54 Å². The molecule has 0 aromatic carbocycles. The molecule has 0 saturated carbocycles. The summed E-state index contributed by atoms with van der Waals surface area (Å²) in [5.41, 5.74) is 6.45.